The van der Waals surface area contributed by atoms with Gasteiger partial charge in [0.15, 0.2) is 5.43 Å². The zero-order valence-corrected chi connectivity index (χ0v) is 16.8. The van der Waals surface area contributed by atoms with Gasteiger partial charge in [-0.1, -0.05) is 0 Å². The monoisotopic (exact) mass is 415 g/mol. The summed E-state index contributed by atoms with van der Waals surface area (Å²) in [6.45, 7) is 3.61. The van der Waals surface area contributed by atoms with Crippen molar-refractivity contribution in [2.75, 3.05) is 5.32 Å². The molecule has 0 atom stereocenters. The number of nitrogens with zero attached hydrogens (tertiary/aromatic N) is 1. The van der Waals surface area contributed by atoms with Crippen LogP contribution in [0.2, 0.25) is 0 Å². The molecule has 1 aromatic carbocycles. The Labute approximate surface area is 168 Å². The maximum absolute atomic E-state index is 12.3. The smallest absolute Gasteiger partial charge is 0.244 e. The number of furan rings is 1. The lowest BCUT2D eigenvalue weighted by molar-refractivity contribution is -0.116. The Balaban J connectivity index is 1.64. The van der Waals surface area contributed by atoms with Crippen molar-refractivity contribution >= 4 is 21.6 Å². The molecule has 0 saturated carbocycles. The van der Waals surface area contributed by atoms with Crippen molar-refractivity contribution in [2.24, 2.45) is 0 Å². The van der Waals surface area contributed by atoms with Crippen molar-refractivity contribution in [3.05, 3.63) is 82.2 Å². The molecule has 2 N–H and O–H groups in total. The third kappa shape index (κ3) is 5.21. The van der Waals surface area contributed by atoms with Crippen molar-refractivity contribution in [2.45, 2.75) is 31.8 Å². The second-order valence-corrected chi connectivity index (χ2v) is 8.30. The number of benzene rings is 1. The molecule has 0 bridgehead atoms. The predicted molar refractivity (Wildman–Crippen MR) is 108 cm³/mol. The standard InChI is InChI=1S/C20H21N3O5S/c1-14-10-17(24)11-15(2)23(14)13-20(25)22-16-5-7-19(8-6-16)29(26,27)21-12-18-4-3-9-28-18/h3-11,21H,12-13H2,1-2H3,(H,22,25). The molecule has 0 aliphatic rings. The fourth-order valence-electron chi connectivity index (χ4n) is 2.86. The first kappa shape index (κ1) is 20.6. The van der Waals surface area contributed by atoms with E-state index in [4.69, 9.17) is 4.42 Å². The number of hydrogen-bond acceptors (Lipinski definition) is 5. The van der Waals surface area contributed by atoms with Crippen LogP contribution in [0.25, 0.3) is 0 Å². The number of anilines is 1. The van der Waals surface area contributed by atoms with Crippen molar-refractivity contribution in [3.63, 3.8) is 0 Å². The van der Waals surface area contributed by atoms with E-state index in [0.717, 1.165) is 0 Å². The van der Waals surface area contributed by atoms with Gasteiger partial charge in [0.1, 0.15) is 12.3 Å². The van der Waals surface area contributed by atoms with Gasteiger partial charge in [-0.3, -0.25) is 9.59 Å². The van der Waals surface area contributed by atoms with Gasteiger partial charge in [-0.2, -0.15) is 0 Å². The molecule has 3 rings (SSSR count). The minimum Gasteiger partial charge on any atom is -0.468 e. The first-order valence-corrected chi connectivity index (χ1v) is 10.3. The number of aryl methyl sites for hydroxylation is 2. The molecule has 1 amide bonds. The van der Waals surface area contributed by atoms with E-state index in [0.29, 0.717) is 22.8 Å². The van der Waals surface area contributed by atoms with E-state index >= 15 is 0 Å². The van der Waals surface area contributed by atoms with Crippen molar-refractivity contribution in [3.8, 4) is 0 Å². The SMILES string of the molecule is Cc1cc(=O)cc(C)n1CC(=O)Nc1ccc(S(=O)(=O)NCc2ccco2)cc1. The average molecular weight is 415 g/mol. The topological polar surface area (TPSA) is 110 Å². The summed E-state index contributed by atoms with van der Waals surface area (Å²) in [6, 6.07) is 12.1. The number of amides is 1. The Bertz CT molecular complexity index is 1140. The van der Waals surface area contributed by atoms with Gasteiger partial charge in [0.05, 0.1) is 17.7 Å². The molecule has 0 saturated heterocycles. The van der Waals surface area contributed by atoms with E-state index in [2.05, 4.69) is 10.0 Å². The van der Waals surface area contributed by atoms with Gasteiger partial charge >= 0.3 is 0 Å². The molecule has 2 heterocycles. The number of carbonyl (C=O) groups is 1. The van der Waals surface area contributed by atoms with Crippen LogP contribution in [0.3, 0.4) is 0 Å². The predicted octanol–water partition coefficient (Wildman–Crippen LogP) is 2.18. The molecular weight excluding hydrogens is 394 g/mol. The van der Waals surface area contributed by atoms with Gasteiger partial charge < -0.3 is 14.3 Å². The Morgan fingerprint density at radius 3 is 2.31 bits per heavy atom. The minimum atomic E-state index is -3.70. The molecule has 9 heteroatoms. The Morgan fingerprint density at radius 2 is 1.72 bits per heavy atom. The molecule has 0 fully saturated rings. The highest BCUT2D eigenvalue weighted by atomic mass is 32.2. The Hall–Kier alpha value is -3.17. The van der Waals surface area contributed by atoms with Crippen LogP contribution in [0, 0.1) is 13.8 Å². The van der Waals surface area contributed by atoms with E-state index in [-0.39, 0.29) is 29.3 Å². The molecule has 2 aromatic heterocycles. The van der Waals surface area contributed by atoms with Crippen LogP contribution in [0.4, 0.5) is 5.69 Å². The number of nitrogens with one attached hydrogen (secondary N) is 2. The minimum absolute atomic E-state index is 0.0443. The largest absolute Gasteiger partial charge is 0.468 e. The van der Waals surface area contributed by atoms with Crippen LogP contribution in [-0.2, 0) is 27.9 Å². The maximum atomic E-state index is 12.3. The van der Waals surface area contributed by atoms with Crippen LogP contribution < -0.4 is 15.5 Å². The van der Waals surface area contributed by atoms with Gasteiger partial charge in [-0.05, 0) is 50.2 Å². The number of hydrogen-bond donors (Lipinski definition) is 2. The van der Waals surface area contributed by atoms with Crippen molar-refractivity contribution in [1.82, 2.24) is 9.29 Å². The van der Waals surface area contributed by atoms with Gasteiger partial charge in [0.2, 0.25) is 15.9 Å². The molecule has 0 spiro atoms. The molecular formula is C20H21N3O5S. The molecule has 0 radical (unpaired) electrons. The summed E-state index contributed by atoms with van der Waals surface area (Å²) in [4.78, 5) is 23.9. The molecule has 8 nitrogen and oxygen atoms in total. The zero-order chi connectivity index (χ0) is 21.0. The van der Waals surface area contributed by atoms with E-state index in [1.807, 2.05) is 0 Å². The normalized spacial score (nSPS) is 11.4. The van der Waals surface area contributed by atoms with Crippen molar-refractivity contribution < 1.29 is 17.6 Å². The summed E-state index contributed by atoms with van der Waals surface area (Å²) in [7, 11) is -3.70. The van der Waals surface area contributed by atoms with Crippen LogP contribution >= 0.6 is 0 Å². The highest BCUT2D eigenvalue weighted by Gasteiger charge is 2.15. The molecule has 0 unspecified atom stereocenters. The third-order valence-corrected chi connectivity index (χ3v) is 5.74. The van der Waals surface area contributed by atoms with Crippen LogP contribution in [0.15, 0.2) is 68.9 Å². The molecule has 152 valence electrons. The van der Waals surface area contributed by atoms with Gasteiger partial charge in [0, 0.05) is 29.2 Å². The maximum Gasteiger partial charge on any atom is 0.244 e. The van der Waals surface area contributed by atoms with Gasteiger partial charge in [-0.15, -0.1) is 0 Å². The molecule has 3 aromatic rings. The third-order valence-electron chi connectivity index (χ3n) is 4.32. The van der Waals surface area contributed by atoms with E-state index < -0.39 is 10.0 Å². The number of pyridine rings is 1. The second kappa shape index (κ2) is 8.46. The molecule has 0 aliphatic carbocycles. The first-order chi connectivity index (χ1) is 13.7. The van der Waals surface area contributed by atoms with Crippen LogP contribution in [0.5, 0.6) is 0 Å². The van der Waals surface area contributed by atoms with E-state index in [9.17, 15) is 18.0 Å². The zero-order valence-electron chi connectivity index (χ0n) is 16.0. The van der Waals surface area contributed by atoms with Crippen molar-refractivity contribution in [1.29, 1.82) is 0 Å². The Morgan fingerprint density at radius 1 is 1.07 bits per heavy atom. The summed E-state index contributed by atoms with van der Waals surface area (Å²) in [5.41, 5.74) is 1.74. The van der Waals surface area contributed by atoms with E-state index in [1.165, 1.54) is 42.7 Å². The fourth-order valence-corrected chi connectivity index (χ4v) is 3.85. The first-order valence-electron chi connectivity index (χ1n) is 8.85. The summed E-state index contributed by atoms with van der Waals surface area (Å²) in [5, 5.41) is 2.72. The summed E-state index contributed by atoms with van der Waals surface area (Å²) in [6.07, 6.45) is 1.47. The lowest BCUT2D eigenvalue weighted by Crippen LogP contribution is -2.24. The fraction of sp³-hybridized carbons (Fsp3) is 0.200. The summed E-state index contributed by atoms with van der Waals surface area (Å²) < 4.78 is 34.0. The number of sulfonamides is 1. The van der Waals surface area contributed by atoms with Gasteiger partial charge in [-0.25, -0.2) is 13.1 Å². The molecule has 0 aliphatic heterocycles. The number of rotatable bonds is 7. The average Bonchev–Trinajstić information content (AvgIpc) is 3.17. The van der Waals surface area contributed by atoms with Crippen LogP contribution in [0.1, 0.15) is 17.1 Å². The second-order valence-electron chi connectivity index (χ2n) is 6.54. The lowest BCUT2D eigenvalue weighted by atomic mass is 10.2. The number of carbonyl (C=O) groups excluding carboxylic acids is 1. The van der Waals surface area contributed by atoms with Crippen LogP contribution in [-0.4, -0.2) is 18.9 Å². The number of aromatic nitrogens is 1. The van der Waals surface area contributed by atoms with Gasteiger partial charge in [0.25, 0.3) is 0 Å². The van der Waals surface area contributed by atoms with E-state index in [1.54, 1.807) is 30.5 Å². The lowest BCUT2D eigenvalue weighted by Gasteiger charge is -2.14. The summed E-state index contributed by atoms with van der Waals surface area (Å²) in [5.74, 6) is 0.219. The Kier molecular flexibility index (Phi) is 6.00. The quantitative estimate of drug-likeness (QED) is 0.615. The highest BCUT2D eigenvalue weighted by molar-refractivity contribution is 7.89. The molecule has 29 heavy (non-hydrogen) atoms. The highest BCUT2D eigenvalue weighted by Crippen LogP contribution is 2.15. The summed E-state index contributed by atoms with van der Waals surface area (Å²) >= 11 is 0.